The predicted octanol–water partition coefficient (Wildman–Crippen LogP) is 1.28. The standard InChI is InChI=1S/C7H7N3O.C2H6/c1-4-6(3-8)7(11)10-5(2)9-4;1-2/h1-2H3,(H,9,10,11);1-2H3. The third-order valence-electron chi connectivity index (χ3n) is 1.33. The van der Waals surface area contributed by atoms with E-state index in [0.717, 1.165) is 0 Å². The number of aromatic amines is 1. The van der Waals surface area contributed by atoms with Crippen molar-refractivity contribution in [1.82, 2.24) is 9.97 Å². The van der Waals surface area contributed by atoms with E-state index >= 15 is 0 Å². The molecule has 0 aliphatic heterocycles. The molecule has 0 saturated heterocycles. The number of hydrogen-bond acceptors (Lipinski definition) is 3. The molecule has 1 rings (SSSR count). The number of aryl methyl sites for hydroxylation is 2. The van der Waals surface area contributed by atoms with E-state index in [0.29, 0.717) is 11.5 Å². The molecule has 0 aromatic carbocycles. The summed E-state index contributed by atoms with van der Waals surface area (Å²) in [5.41, 5.74) is 0.210. The maximum absolute atomic E-state index is 11.0. The maximum atomic E-state index is 11.0. The molecular formula is C9H13N3O. The van der Waals surface area contributed by atoms with Gasteiger partial charge in [-0.05, 0) is 13.8 Å². The molecule has 1 N–H and O–H groups in total. The summed E-state index contributed by atoms with van der Waals surface area (Å²) in [4.78, 5) is 17.3. The summed E-state index contributed by atoms with van der Waals surface area (Å²) in [6.45, 7) is 7.32. The number of H-pyrrole nitrogens is 1. The highest BCUT2D eigenvalue weighted by atomic mass is 16.1. The van der Waals surface area contributed by atoms with Crippen LogP contribution in [0.3, 0.4) is 0 Å². The van der Waals surface area contributed by atoms with Crippen molar-refractivity contribution in [2.24, 2.45) is 0 Å². The molecule has 0 amide bonds. The van der Waals surface area contributed by atoms with Gasteiger partial charge in [-0.1, -0.05) is 13.8 Å². The van der Waals surface area contributed by atoms with Crippen LogP contribution in [-0.2, 0) is 0 Å². The van der Waals surface area contributed by atoms with Crippen molar-refractivity contribution in [3.8, 4) is 6.07 Å². The van der Waals surface area contributed by atoms with Crippen molar-refractivity contribution >= 4 is 0 Å². The van der Waals surface area contributed by atoms with Crippen LogP contribution in [-0.4, -0.2) is 9.97 Å². The Labute approximate surface area is 77.3 Å². The number of rotatable bonds is 0. The third kappa shape index (κ3) is 2.71. The van der Waals surface area contributed by atoms with Gasteiger partial charge in [0.25, 0.3) is 5.56 Å². The lowest BCUT2D eigenvalue weighted by Crippen LogP contribution is -2.15. The van der Waals surface area contributed by atoms with Crippen LogP contribution in [0.2, 0.25) is 0 Å². The second-order valence-electron chi connectivity index (χ2n) is 2.22. The topological polar surface area (TPSA) is 69.5 Å². The molecule has 4 heteroatoms. The van der Waals surface area contributed by atoms with Gasteiger partial charge >= 0.3 is 0 Å². The Bertz CT molecular complexity index is 373. The van der Waals surface area contributed by atoms with Gasteiger partial charge in [0.2, 0.25) is 0 Å². The number of hydrogen-bond donors (Lipinski definition) is 1. The minimum absolute atomic E-state index is 0.0931. The fourth-order valence-corrected chi connectivity index (χ4v) is 0.858. The normalized spacial score (nSPS) is 8.23. The number of nitriles is 1. The number of aromatic nitrogens is 2. The SMILES string of the molecule is CC.Cc1nc(C)c(C#N)c(=O)[nH]1. The van der Waals surface area contributed by atoms with E-state index in [9.17, 15) is 4.79 Å². The lowest BCUT2D eigenvalue weighted by molar-refractivity contribution is 0.970. The molecule has 0 saturated carbocycles. The summed E-state index contributed by atoms with van der Waals surface area (Å²) in [5, 5.41) is 8.48. The highest BCUT2D eigenvalue weighted by Crippen LogP contribution is 1.94. The van der Waals surface area contributed by atoms with Gasteiger partial charge in [-0.25, -0.2) is 4.98 Å². The van der Waals surface area contributed by atoms with Crippen LogP contribution >= 0.6 is 0 Å². The zero-order chi connectivity index (χ0) is 10.4. The van der Waals surface area contributed by atoms with Crippen LogP contribution in [0.5, 0.6) is 0 Å². The Morgan fingerprint density at radius 1 is 1.38 bits per heavy atom. The fourth-order valence-electron chi connectivity index (χ4n) is 0.858. The molecule has 0 aliphatic carbocycles. The Kier molecular flexibility index (Phi) is 4.45. The summed E-state index contributed by atoms with van der Waals surface area (Å²) >= 11 is 0. The highest BCUT2D eigenvalue weighted by Gasteiger charge is 2.03. The predicted molar refractivity (Wildman–Crippen MR) is 50.4 cm³/mol. The summed E-state index contributed by atoms with van der Waals surface area (Å²) in [6, 6.07) is 1.78. The first-order valence-corrected chi connectivity index (χ1v) is 4.12. The third-order valence-corrected chi connectivity index (χ3v) is 1.33. The number of nitrogens with zero attached hydrogens (tertiary/aromatic N) is 2. The van der Waals surface area contributed by atoms with Gasteiger partial charge in [0, 0.05) is 0 Å². The fraction of sp³-hybridized carbons (Fsp3) is 0.444. The minimum atomic E-state index is -0.363. The van der Waals surface area contributed by atoms with Crippen LogP contribution in [0.4, 0.5) is 0 Å². The summed E-state index contributed by atoms with van der Waals surface area (Å²) in [6.07, 6.45) is 0. The van der Waals surface area contributed by atoms with Crippen molar-refractivity contribution < 1.29 is 0 Å². The summed E-state index contributed by atoms with van der Waals surface area (Å²) < 4.78 is 0. The van der Waals surface area contributed by atoms with E-state index in [1.807, 2.05) is 13.8 Å². The van der Waals surface area contributed by atoms with E-state index in [1.165, 1.54) is 0 Å². The smallest absolute Gasteiger partial charge is 0.269 e. The highest BCUT2D eigenvalue weighted by molar-refractivity contribution is 5.29. The molecule has 1 heterocycles. The molecule has 13 heavy (non-hydrogen) atoms. The molecule has 0 radical (unpaired) electrons. The van der Waals surface area contributed by atoms with Gasteiger partial charge in [-0.3, -0.25) is 4.79 Å². The van der Waals surface area contributed by atoms with Crippen molar-refractivity contribution in [3.63, 3.8) is 0 Å². The van der Waals surface area contributed by atoms with Crippen molar-refractivity contribution in [2.45, 2.75) is 27.7 Å². The first-order valence-electron chi connectivity index (χ1n) is 4.12. The number of nitrogens with one attached hydrogen (secondary N) is 1. The van der Waals surface area contributed by atoms with Crippen LogP contribution in [0.1, 0.15) is 30.9 Å². The molecule has 70 valence electrons. The largest absolute Gasteiger partial charge is 0.310 e. The van der Waals surface area contributed by atoms with E-state index < -0.39 is 0 Å². The average molecular weight is 179 g/mol. The first kappa shape index (κ1) is 11.4. The molecule has 0 spiro atoms. The van der Waals surface area contributed by atoms with E-state index in [2.05, 4.69) is 9.97 Å². The Hall–Kier alpha value is -1.63. The monoisotopic (exact) mass is 179 g/mol. The average Bonchev–Trinajstić information content (AvgIpc) is 2.07. The van der Waals surface area contributed by atoms with Crippen LogP contribution in [0.15, 0.2) is 4.79 Å². The van der Waals surface area contributed by atoms with Crippen LogP contribution in [0.25, 0.3) is 0 Å². The van der Waals surface area contributed by atoms with Crippen molar-refractivity contribution in [1.29, 1.82) is 5.26 Å². The Morgan fingerprint density at radius 2 is 1.92 bits per heavy atom. The summed E-state index contributed by atoms with van der Waals surface area (Å²) in [7, 11) is 0. The Balaban J connectivity index is 0.000000671. The first-order chi connectivity index (χ1) is 6.15. The Morgan fingerprint density at radius 3 is 2.31 bits per heavy atom. The molecule has 4 nitrogen and oxygen atoms in total. The lowest BCUT2D eigenvalue weighted by atomic mass is 10.2. The van der Waals surface area contributed by atoms with Crippen molar-refractivity contribution in [3.05, 3.63) is 27.4 Å². The lowest BCUT2D eigenvalue weighted by Gasteiger charge is -1.95. The molecule has 0 bridgehead atoms. The molecule has 0 fully saturated rings. The molecule has 1 aromatic heterocycles. The molecule has 0 atom stereocenters. The quantitative estimate of drug-likeness (QED) is 0.652. The van der Waals surface area contributed by atoms with E-state index in [1.54, 1.807) is 19.9 Å². The van der Waals surface area contributed by atoms with Gasteiger partial charge in [0.15, 0.2) is 0 Å². The zero-order valence-corrected chi connectivity index (χ0v) is 8.30. The van der Waals surface area contributed by atoms with Crippen molar-refractivity contribution in [2.75, 3.05) is 0 Å². The van der Waals surface area contributed by atoms with Crippen LogP contribution < -0.4 is 5.56 Å². The second-order valence-corrected chi connectivity index (χ2v) is 2.22. The van der Waals surface area contributed by atoms with Gasteiger partial charge in [0.1, 0.15) is 17.5 Å². The van der Waals surface area contributed by atoms with E-state index in [4.69, 9.17) is 5.26 Å². The van der Waals surface area contributed by atoms with Gasteiger partial charge in [-0.15, -0.1) is 0 Å². The van der Waals surface area contributed by atoms with E-state index in [-0.39, 0.29) is 11.1 Å². The molecular weight excluding hydrogens is 166 g/mol. The second kappa shape index (κ2) is 5.09. The molecule has 1 aromatic rings. The van der Waals surface area contributed by atoms with Gasteiger partial charge in [0.05, 0.1) is 5.69 Å². The zero-order valence-electron chi connectivity index (χ0n) is 8.30. The maximum Gasteiger partial charge on any atom is 0.269 e. The van der Waals surface area contributed by atoms with Gasteiger partial charge in [-0.2, -0.15) is 5.26 Å². The molecule has 0 aliphatic rings. The summed E-state index contributed by atoms with van der Waals surface area (Å²) in [5.74, 6) is 0.534. The van der Waals surface area contributed by atoms with Crippen LogP contribution in [0, 0.1) is 25.2 Å². The van der Waals surface area contributed by atoms with Gasteiger partial charge < -0.3 is 4.98 Å². The molecule has 0 unspecified atom stereocenters. The minimum Gasteiger partial charge on any atom is -0.310 e.